The number of carbonyl (C=O) groups is 1. The van der Waals surface area contributed by atoms with Crippen LogP contribution in [0.2, 0.25) is 5.02 Å². The second kappa shape index (κ2) is 6.62. The number of halogens is 1. The molecule has 0 radical (unpaired) electrons. The van der Waals surface area contributed by atoms with Crippen molar-refractivity contribution < 1.29 is 14.5 Å². The van der Waals surface area contributed by atoms with Gasteiger partial charge in [-0.1, -0.05) is 11.6 Å². The number of ether oxygens (including phenoxy) is 1. The Hall–Kier alpha value is -1.66. The van der Waals surface area contributed by atoms with Crippen molar-refractivity contribution in [3.8, 4) is 0 Å². The standard InChI is InChI=1S/C15H19ClN2O4/c1-15(2,11-5-7-17-8-6-11)22-14(19)10-3-4-12(16)13(9-10)18(20)21/h3-4,9,11,17H,5-8H2,1-2H3. The summed E-state index contributed by atoms with van der Waals surface area (Å²) in [5.74, 6) is -0.303. The minimum absolute atomic E-state index is 0.000773. The molecule has 1 fully saturated rings. The quantitative estimate of drug-likeness (QED) is 0.522. The highest BCUT2D eigenvalue weighted by Gasteiger charge is 2.34. The van der Waals surface area contributed by atoms with Gasteiger partial charge in [0.1, 0.15) is 10.6 Å². The molecule has 0 spiro atoms. The smallest absolute Gasteiger partial charge is 0.338 e. The van der Waals surface area contributed by atoms with Crippen molar-refractivity contribution in [2.75, 3.05) is 13.1 Å². The number of nitro groups is 1. The van der Waals surface area contributed by atoms with Gasteiger partial charge < -0.3 is 10.1 Å². The first-order chi connectivity index (χ1) is 10.3. The number of piperidine rings is 1. The highest BCUT2D eigenvalue weighted by Crippen LogP contribution is 2.31. The first-order valence-electron chi connectivity index (χ1n) is 7.19. The molecule has 0 aliphatic carbocycles. The lowest BCUT2D eigenvalue weighted by atomic mass is 9.83. The maximum Gasteiger partial charge on any atom is 0.338 e. The van der Waals surface area contributed by atoms with E-state index in [4.69, 9.17) is 16.3 Å². The maximum absolute atomic E-state index is 12.3. The summed E-state index contributed by atoms with van der Waals surface area (Å²) >= 11 is 5.75. The Balaban J connectivity index is 2.14. The molecule has 7 heteroatoms. The van der Waals surface area contributed by atoms with E-state index in [1.54, 1.807) is 0 Å². The zero-order valence-electron chi connectivity index (χ0n) is 12.6. The number of carbonyl (C=O) groups excluding carboxylic acids is 1. The first-order valence-corrected chi connectivity index (χ1v) is 7.57. The van der Waals surface area contributed by atoms with Crippen LogP contribution < -0.4 is 5.32 Å². The van der Waals surface area contributed by atoms with Crippen LogP contribution in [0.5, 0.6) is 0 Å². The molecule has 1 aliphatic rings. The van der Waals surface area contributed by atoms with Gasteiger partial charge in [0, 0.05) is 12.0 Å². The third-order valence-corrected chi connectivity index (χ3v) is 4.38. The SMILES string of the molecule is CC(C)(OC(=O)c1ccc(Cl)c([N+](=O)[O-])c1)C1CCNCC1. The van der Waals surface area contributed by atoms with E-state index >= 15 is 0 Å². The van der Waals surface area contributed by atoms with Gasteiger partial charge in [-0.3, -0.25) is 10.1 Å². The van der Waals surface area contributed by atoms with E-state index in [0.717, 1.165) is 32.0 Å². The summed E-state index contributed by atoms with van der Waals surface area (Å²) in [7, 11) is 0. The van der Waals surface area contributed by atoms with Crippen molar-refractivity contribution in [2.45, 2.75) is 32.3 Å². The van der Waals surface area contributed by atoms with Crippen molar-refractivity contribution in [3.05, 3.63) is 38.9 Å². The van der Waals surface area contributed by atoms with Crippen molar-refractivity contribution in [1.82, 2.24) is 5.32 Å². The van der Waals surface area contributed by atoms with Crippen molar-refractivity contribution in [2.24, 2.45) is 5.92 Å². The summed E-state index contributed by atoms with van der Waals surface area (Å²) in [6.07, 6.45) is 1.86. The largest absolute Gasteiger partial charge is 0.456 e. The highest BCUT2D eigenvalue weighted by atomic mass is 35.5. The van der Waals surface area contributed by atoms with E-state index in [-0.39, 0.29) is 22.2 Å². The van der Waals surface area contributed by atoms with Gasteiger partial charge in [-0.25, -0.2) is 4.79 Å². The Morgan fingerprint density at radius 1 is 1.41 bits per heavy atom. The second-order valence-electron chi connectivity index (χ2n) is 5.94. The number of nitrogens with one attached hydrogen (secondary N) is 1. The number of hydrogen-bond acceptors (Lipinski definition) is 5. The average molecular weight is 327 g/mol. The summed E-state index contributed by atoms with van der Waals surface area (Å²) in [4.78, 5) is 22.6. The number of rotatable bonds is 4. The average Bonchev–Trinajstić information content (AvgIpc) is 2.47. The zero-order valence-corrected chi connectivity index (χ0v) is 13.4. The molecule has 2 rings (SSSR count). The molecule has 0 saturated carbocycles. The van der Waals surface area contributed by atoms with Crippen molar-refractivity contribution in [1.29, 1.82) is 0 Å². The van der Waals surface area contributed by atoms with Crippen LogP contribution in [0.3, 0.4) is 0 Å². The molecule has 0 amide bonds. The minimum Gasteiger partial charge on any atom is -0.456 e. The molecule has 1 aromatic rings. The van der Waals surface area contributed by atoms with Gasteiger partial charge in [-0.05, 0) is 51.9 Å². The molecule has 1 aliphatic heterocycles. The molecule has 0 atom stereocenters. The van der Waals surface area contributed by atoms with E-state index in [0.29, 0.717) is 0 Å². The van der Waals surface area contributed by atoms with Crippen LogP contribution in [0.4, 0.5) is 5.69 Å². The van der Waals surface area contributed by atoms with Crippen molar-refractivity contribution in [3.63, 3.8) is 0 Å². The lowest BCUT2D eigenvalue weighted by Gasteiger charge is -2.36. The first kappa shape index (κ1) is 16.7. The van der Waals surface area contributed by atoms with Gasteiger partial charge >= 0.3 is 5.97 Å². The second-order valence-corrected chi connectivity index (χ2v) is 6.35. The predicted octanol–water partition coefficient (Wildman–Crippen LogP) is 3.18. The fourth-order valence-corrected chi connectivity index (χ4v) is 2.86. The fourth-order valence-electron chi connectivity index (χ4n) is 2.68. The number of esters is 1. The summed E-state index contributed by atoms with van der Waals surface area (Å²) in [5.41, 5.74) is -0.776. The summed E-state index contributed by atoms with van der Waals surface area (Å²) in [5, 5.41) is 14.2. The van der Waals surface area contributed by atoms with Crippen LogP contribution >= 0.6 is 11.6 Å². The Kier molecular flexibility index (Phi) is 5.03. The molecule has 1 saturated heterocycles. The van der Waals surface area contributed by atoms with E-state index < -0.39 is 16.5 Å². The van der Waals surface area contributed by atoms with E-state index in [9.17, 15) is 14.9 Å². The molecular weight excluding hydrogens is 308 g/mol. The van der Waals surface area contributed by atoms with E-state index in [2.05, 4.69) is 5.32 Å². The molecule has 1 heterocycles. The topological polar surface area (TPSA) is 81.5 Å². The van der Waals surface area contributed by atoms with Gasteiger partial charge in [0.15, 0.2) is 0 Å². The third kappa shape index (κ3) is 3.75. The Morgan fingerprint density at radius 2 is 2.05 bits per heavy atom. The molecule has 1 aromatic carbocycles. The Morgan fingerprint density at radius 3 is 2.64 bits per heavy atom. The molecule has 22 heavy (non-hydrogen) atoms. The molecule has 6 nitrogen and oxygen atoms in total. The Bertz CT molecular complexity index is 583. The predicted molar refractivity (Wildman–Crippen MR) is 83.2 cm³/mol. The van der Waals surface area contributed by atoms with Gasteiger partial charge in [-0.2, -0.15) is 0 Å². The number of nitrogens with zero attached hydrogens (tertiary/aromatic N) is 1. The van der Waals surface area contributed by atoms with Crippen LogP contribution in [-0.4, -0.2) is 29.6 Å². The molecule has 0 unspecified atom stereocenters. The fraction of sp³-hybridized carbons (Fsp3) is 0.533. The summed E-state index contributed by atoms with van der Waals surface area (Å²) < 4.78 is 5.61. The number of hydrogen-bond donors (Lipinski definition) is 1. The maximum atomic E-state index is 12.3. The van der Waals surface area contributed by atoms with Gasteiger partial charge in [0.2, 0.25) is 0 Å². The normalized spacial score (nSPS) is 16.3. The number of benzene rings is 1. The number of nitro benzene ring substituents is 1. The van der Waals surface area contributed by atoms with Crippen LogP contribution in [0.15, 0.2) is 18.2 Å². The van der Waals surface area contributed by atoms with Crippen LogP contribution in [0.1, 0.15) is 37.0 Å². The zero-order chi connectivity index (χ0) is 16.3. The van der Waals surface area contributed by atoms with Gasteiger partial charge in [0.05, 0.1) is 10.5 Å². The van der Waals surface area contributed by atoms with Crippen LogP contribution in [-0.2, 0) is 4.74 Å². The molecule has 1 N–H and O–H groups in total. The molecule has 120 valence electrons. The highest BCUT2D eigenvalue weighted by molar-refractivity contribution is 6.32. The van der Waals surface area contributed by atoms with Gasteiger partial charge in [-0.15, -0.1) is 0 Å². The van der Waals surface area contributed by atoms with Crippen molar-refractivity contribution >= 4 is 23.3 Å². The third-order valence-electron chi connectivity index (χ3n) is 4.06. The lowest BCUT2D eigenvalue weighted by Crippen LogP contribution is -2.42. The molecule has 0 bridgehead atoms. The summed E-state index contributed by atoms with van der Waals surface area (Å²) in [6, 6.07) is 3.94. The monoisotopic (exact) mass is 326 g/mol. The van der Waals surface area contributed by atoms with E-state index in [1.807, 2.05) is 13.8 Å². The summed E-state index contributed by atoms with van der Waals surface area (Å²) in [6.45, 7) is 5.56. The van der Waals surface area contributed by atoms with Crippen LogP contribution in [0, 0.1) is 16.0 Å². The Labute approximate surface area is 133 Å². The molecule has 0 aromatic heterocycles. The molecular formula is C15H19ClN2O4. The van der Waals surface area contributed by atoms with E-state index in [1.165, 1.54) is 12.1 Å². The van der Waals surface area contributed by atoms with Gasteiger partial charge in [0.25, 0.3) is 5.69 Å². The minimum atomic E-state index is -0.617. The lowest BCUT2D eigenvalue weighted by molar-refractivity contribution is -0.384. The van der Waals surface area contributed by atoms with Crippen LogP contribution in [0.25, 0.3) is 0 Å².